The van der Waals surface area contributed by atoms with Crippen LogP contribution < -0.4 is 0 Å². The molecule has 0 aliphatic heterocycles. The molecule has 4 nitrogen and oxygen atoms in total. The zero-order valence-corrected chi connectivity index (χ0v) is 18.4. The summed E-state index contributed by atoms with van der Waals surface area (Å²) in [7, 11) is 0. The average molecular weight is 412 g/mol. The normalized spacial score (nSPS) is 28.9. The Bertz CT molecular complexity index is 1140. The van der Waals surface area contributed by atoms with Gasteiger partial charge >= 0.3 is 0 Å². The number of aliphatic hydroxyl groups excluding tert-OH is 1. The van der Waals surface area contributed by atoms with Crippen LogP contribution in [0.25, 0.3) is 16.9 Å². The van der Waals surface area contributed by atoms with E-state index in [1.807, 2.05) is 24.3 Å². The van der Waals surface area contributed by atoms with Gasteiger partial charge in [-0.2, -0.15) is 10.4 Å². The van der Waals surface area contributed by atoms with Crippen molar-refractivity contribution in [1.29, 1.82) is 5.26 Å². The minimum atomic E-state index is -0.609. The quantitative estimate of drug-likeness (QED) is 0.623. The zero-order valence-electron chi connectivity index (χ0n) is 18.4. The minimum absolute atomic E-state index is 0.250. The highest BCUT2D eigenvalue weighted by atomic mass is 16.3. The first-order valence-corrected chi connectivity index (χ1v) is 11.2. The molecule has 2 unspecified atom stereocenters. The molecule has 2 aromatic carbocycles. The molecule has 1 fully saturated rings. The fraction of sp³-hybridized carbons (Fsp3) is 0.407. The summed E-state index contributed by atoms with van der Waals surface area (Å²) in [6, 6.07) is 23.2. The molecule has 0 radical (unpaired) electrons. The number of rotatable bonds is 2. The van der Waals surface area contributed by atoms with Crippen LogP contribution in [0, 0.1) is 28.6 Å². The minimum Gasteiger partial charge on any atom is -0.391 e. The molecule has 4 heteroatoms. The number of fused-ring (bicyclic) bond motifs is 3. The maximum atomic E-state index is 11.0. The topological polar surface area (TPSA) is 61.8 Å². The molecule has 2 aliphatic rings. The highest BCUT2D eigenvalue weighted by Gasteiger charge is 2.58. The summed E-state index contributed by atoms with van der Waals surface area (Å²) in [5.41, 5.74) is 5.16. The molecule has 3 aromatic rings. The average Bonchev–Trinajstić information content (AvgIpc) is 3.18. The van der Waals surface area contributed by atoms with Crippen molar-refractivity contribution in [3.63, 3.8) is 0 Å². The molecular weight excluding hydrogens is 382 g/mol. The van der Waals surface area contributed by atoms with E-state index in [4.69, 9.17) is 5.10 Å². The largest absolute Gasteiger partial charge is 0.391 e. The second-order valence-corrected chi connectivity index (χ2v) is 10.0. The van der Waals surface area contributed by atoms with Crippen molar-refractivity contribution in [3.8, 4) is 23.0 Å². The first-order valence-electron chi connectivity index (χ1n) is 11.2. The van der Waals surface area contributed by atoms with Gasteiger partial charge in [0.25, 0.3) is 0 Å². The molecule has 1 N–H and O–H groups in total. The van der Waals surface area contributed by atoms with Crippen molar-refractivity contribution < 1.29 is 5.11 Å². The Morgan fingerprint density at radius 3 is 2.32 bits per heavy atom. The number of hydrogen-bond acceptors (Lipinski definition) is 3. The Morgan fingerprint density at radius 1 is 1.03 bits per heavy atom. The van der Waals surface area contributed by atoms with E-state index in [2.05, 4.69) is 67.9 Å². The van der Waals surface area contributed by atoms with Crippen molar-refractivity contribution in [1.82, 2.24) is 9.78 Å². The second kappa shape index (κ2) is 7.07. The summed E-state index contributed by atoms with van der Waals surface area (Å²) in [5, 5.41) is 26.0. The molecule has 1 saturated carbocycles. The molecule has 0 spiro atoms. The number of aliphatic hydroxyl groups is 1. The number of nitrogens with zero attached hydrogens (tertiary/aromatic N) is 3. The number of para-hydroxylation sites is 1. The Labute approximate surface area is 184 Å². The lowest BCUT2D eigenvalue weighted by molar-refractivity contribution is -0.0957. The van der Waals surface area contributed by atoms with E-state index < -0.39 is 6.10 Å². The summed E-state index contributed by atoms with van der Waals surface area (Å²) in [6.45, 7) is 6.52. The third kappa shape index (κ3) is 2.87. The molecule has 0 saturated heterocycles. The SMILES string of the molecule is CC1(C)C(O)C(C#N)C[C@]2(C)c3nn(-c4ccccc4)c(-c4ccccc4)c3CC[C@@H]12. The van der Waals surface area contributed by atoms with Crippen LogP contribution >= 0.6 is 0 Å². The molecule has 5 rings (SSSR count). The highest BCUT2D eigenvalue weighted by Crippen LogP contribution is 2.59. The Kier molecular flexibility index (Phi) is 4.57. The van der Waals surface area contributed by atoms with Crippen LogP contribution in [-0.4, -0.2) is 21.0 Å². The van der Waals surface area contributed by atoms with E-state index in [9.17, 15) is 10.4 Å². The fourth-order valence-corrected chi connectivity index (χ4v) is 6.41. The van der Waals surface area contributed by atoms with E-state index in [0.717, 1.165) is 35.5 Å². The Morgan fingerprint density at radius 2 is 1.68 bits per heavy atom. The molecule has 0 amide bonds. The standard InChI is InChI=1S/C27H29N3O/c1-26(2)22-15-14-21-23(18-10-6-4-7-11-18)30(20-12-8-5-9-13-20)29-24(21)27(22,3)16-19(17-28)25(26)31/h4-13,19,22,25,31H,14-16H2,1-3H3/t19?,22-,25?,27-/m0/s1. The van der Waals surface area contributed by atoms with Crippen LogP contribution in [0.15, 0.2) is 60.7 Å². The lowest BCUT2D eigenvalue weighted by Gasteiger charge is -2.56. The van der Waals surface area contributed by atoms with E-state index in [1.165, 1.54) is 5.56 Å². The maximum absolute atomic E-state index is 11.0. The first kappa shape index (κ1) is 20.0. The van der Waals surface area contributed by atoms with Gasteiger partial charge in [0.1, 0.15) is 0 Å². The third-order valence-corrected chi connectivity index (χ3v) is 7.88. The molecule has 4 atom stereocenters. The van der Waals surface area contributed by atoms with Gasteiger partial charge in [0.15, 0.2) is 0 Å². The van der Waals surface area contributed by atoms with Gasteiger partial charge in [-0.25, -0.2) is 4.68 Å². The van der Waals surface area contributed by atoms with Crippen LogP contribution in [0.1, 0.15) is 44.9 Å². The van der Waals surface area contributed by atoms with Crippen LogP contribution in [0.4, 0.5) is 0 Å². The van der Waals surface area contributed by atoms with E-state index in [-0.39, 0.29) is 22.7 Å². The summed E-state index contributed by atoms with van der Waals surface area (Å²) in [4.78, 5) is 0. The van der Waals surface area contributed by atoms with E-state index in [1.54, 1.807) is 0 Å². The maximum Gasteiger partial charge on any atom is 0.0776 e. The van der Waals surface area contributed by atoms with Gasteiger partial charge in [-0.3, -0.25) is 0 Å². The zero-order chi connectivity index (χ0) is 21.8. The van der Waals surface area contributed by atoms with E-state index in [0.29, 0.717) is 6.42 Å². The molecule has 1 heterocycles. The predicted molar refractivity (Wildman–Crippen MR) is 122 cm³/mol. The van der Waals surface area contributed by atoms with Crippen LogP contribution in [0.3, 0.4) is 0 Å². The molecule has 0 bridgehead atoms. The monoisotopic (exact) mass is 411 g/mol. The van der Waals surface area contributed by atoms with E-state index >= 15 is 0 Å². The van der Waals surface area contributed by atoms with Crippen molar-refractivity contribution in [2.45, 2.75) is 51.6 Å². The fourth-order valence-electron chi connectivity index (χ4n) is 6.41. The summed E-state index contributed by atoms with van der Waals surface area (Å²) >= 11 is 0. The van der Waals surface area contributed by atoms with Gasteiger partial charge in [0.05, 0.1) is 35.2 Å². The number of nitriles is 1. The van der Waals surface area contributed by atoms with Crippen molar-refractivity contribution in [2.24, 2.45) is 17.3 Å². The first-order chi connectivity index (χ1) is 14.9. The molecule has 31 heavy (non-hydrogen) atoms. The van der Waals surface area contributed by atoms with Gasteiger partial charge < -0.3 is 5.11 Å². The number of hydrogen-bond donors (Lipinski definition) is 1. The number of aromatic nitrogens is 2. The lowest BCUT2D eigenvalue weighted by atomic mass is 9.48. The number of benzene rings is 2. The third-order valence-electron chi connectivity index (χ3n) is 7.88. The van der Waals surface area contributed by atoms with Gasteiger partial charge in [-0.1, -0.05) is 69.3 Å². The van der Waals surface area contributed by atoms with Gasteiger partial charge in [-0.15, -0.1) is 0 Å². The molecule has 2 aliphatic carbocycles. The van der Waals surface area contributed by atoms with Crippen molar-refractivity contribution >= 4 is 0 Å². The van der Waals surface area contributed by atoms with Crippen LogP contribution in [-0.2, 0) is 11.8 Å². The summed E-state index contributed by atoms with van der Waals surface area (Å²) < 4.78 is 2.09. The smallest absolute Gasteiger partial charge is 0.0776 e. The molecule has 1 aromatic heterocycles. The van der Waals surface area contributed by atoms with Gasteiger partial charge in [0, 0.05) is 16.5 Å². The summed E-state index contributed by atoms with van der Waals surface area (Å²) in [6.07, 6.45) is 1.96. The Hall–Kier alpha value is -2.90. The van der Waals surface area contributed by atoms with Crippen molar-refractivity contribution in [2.75, 3.05) is 0 Å². The van der Waals surface area contributed by atoms with Crippen LogP contribution in [0.2, 0.25) is 0 Å². The molecular formula is C27H29N3O. The van der Waals surface area contributed by atoms with Gasteiger partial charge in [0.2, 0.25) is 0 Å². The Balaban J connectivity index is 1.76. The highest BCUT2D eigenvalue weighted by molar-refractivity contribution is 5.68. The van der Waals surface area contributed by atoms with Gasteiger partial charge in [-0.05, 0) is 42.7 Å². The summed E-state index contributed by atoms with van der Waals surface area (Å²) in [5.74, 6) is -0.112. The second-order valence-electron chi connectivity index (χ2n) is 10.0. The molecule has 158 valence electrons. The lowest BCUT2D eigenvalue weighted by Crippen LogP contribution is -2.57. The van der Waals surface area contributed by atoms with Crippen molar-refractivity contribution in [3.05, 3.63) is 71.9 Å². The van der Waals surface area contributed by atoms with Crippen LogP contribution in [0.5, 0.6) is 0 Å². The predicted octanol–water partition coefficient (Wildman–Crippen LogP) is 5.29.